The number of carbonyl (C=O) groups excluding carboxylic acids is 1. The number of nitrogens with zero attached hydrogens (tertiary/aromatic N) is 2. The Morgan fingerprint density at radius 2 is 2.07 bits per heavy atom. The maximum absolute atomic E-state index is 14.1. The molecule has 1 atom stereocenters. The van der Waals surface area contributed by atoms with Crippen LogP contribution in [0.2, 0.25) is 5.15 Å². The van der Waals surface area contributed by atoms with E-state index in [0.717, 1.165) is 0 Å². The lowest BCUT2D eigenvalue weighted by atomic mass is 9.95. The van der Waals surface area contributed by atoms with Crippen molar-refractivity contribution in [3.05, 3.63) is 41.1 Å². The second-order valence-electron chi connectivity index (χ2n) is 7.00. The summed E-state index contributed by atoms with van der Waals surface area (Å²) >= 11 is 5.73. The first kappa shape index (κ1) is 20.9. The minimum absolute atomic E-state index is 0.117. The van der Waals surface area contributed by atoms with E-state index in [1.165, 1.54) is 12.3 Å². The van der Waals surface area contributed by atoms with Crippen LogP contribution in [0, 0.1) is 18.7 Å². The molecule has 0 fully saturated rings. The topological polar surface area (TPSA) is 87.3 Å². The number of aryl methyl sites for hydroxylation is 1. The van der Waals surface area contributed by atoms with Gasteiger partial charge in [0.15, 0.2) is 11.0 Å². The summed E-state index contributed by atoms with van der Waals surface area (Å²) in [4.78, 5) is 19.3. The molecule has 146 valence electrons. The molecule has 0 radical (unpaired) electrons. The molecule has 0 aliphatic carbocycles. The van der Waals surface area contributed by atoms with Gasteiger partial charge in [-0.05, 0) is 44.4 Å². The van der Waals surface area contributed by atoms with E-state index in [1.54, 1.807) is 26.0 Å². The second-order valence-corrected chi connectivity index (χ2v) is 7.36. The summed E-state index contributed by atoms with van der Waals surface area (Å²) in [6.45, 7) is 7.65. The molecule has 0 saturated heterocycles. The minimum atomic E-state index is -0.865. The first-order chi connectivity index (χ1) is 12.6. The lowest BCUT2D eigenvalue weighted by molar-refractivity contribution is -0.0188. The van der Waals surface area contributed by atoms with Crippen molar-refractivity contribution >= 4 is 17.7 Å². The standard InChI is InChI=1S/C19H23ClFN3O3/c1-11(2)9-19(4,27-18(22)25)10-26-15-6-5-14(24-12(15)3)13-7-8-23-17(20)16(13)21/h5-8,11H,9-10H2,1-4H3,(H2,22,25). The number of primary amides is 1. The van der Waals surface area contributed by atoms with Crippen LogP contribution < -0.4 is 10.5 Å². The van der Waals surface area contributed by atoms with Crippen molar-refractivity contribution in [2.24, 2.45) is 11.7 Å². The molecule has 8 heteroatoms. The van der Waals surface area contributed by atoms with E-state index in [1.807, 2.05) is 13.8 Å². The van der Waals surface area contributed by atoms with E-state index < -0.39 is 17.5 Å². The summed E-state index contributed by atoms with van der Waals surface area (Å²) in [5, 5.41) is -0.208. The van der Waals surface area contributed by atoms with Crippen molar-refractivity contribution in [3.63, 3.8) is 0 Å². The van der Waals surface area contributed by atoms with Gasteiger partial charge < -0.3 is 15.2 Å². The van der Waals surface area contributed by atoms with Crippen LogP contribution in [0.25, 0.3) is 11.3 Å². The Balaban J connectivity index is 2.20. The number of ether oxygens (including phenoxy) is 2. The molecule has 0 saturated carbocycles. The molecular formula is C19H23ClFN3O3. The largest absolute Gasteiger partial charge is 0.488 e. The van der Waals surface area contributed by atoms with Gasteiger partial charge >= 0.3 is 6.09 Å². The van der Waals surface area contributed by atoms with Gasteiger partial charge in [-0.15, -0.1) is 0 Å². The molecule has 2 N–H and O–H groups in total. The molecule has 0 spiro atoms. The van der Waals surface area contributed by atoms with Gasteiger partial charge in [0.2, 0.25) is 0 Å². The van der Waals surface area contributed by atoms with Gasteiger partial charge in [0.05, 0.1) is 11.4 Å². The molecule has 27 heavy (non-hydrogen) atoms. The quantitative estimate of drug-likeness (QED) is 0.696. The highest BCUT2D eigenvalue weighted by atomic mass is 35.5. The molecule has 1 amide bonds. The number of nitrogens with two attached hydrogens (primary N) is 1. The Kier molecular flexibility index (Phi) is 6.59. The molecule has 2 aromatic rings. The number of aromatic nitrogens is 2. The van der Waals surface area contributed by atoms with Gasteiger partial charge in [0.25, 0.3) is 0 Å². The number of amides is 1. The Labute approximate surface area is 162 Å². The number of pyridine rings is 2. The Hall–Kier alpha value is -2.41. The Morgan fingerprint density at radius 3 is 2.67 bits per heavy atom. The van der Waals surface area contributed by atoms with E-state index in [9.17, 15) is 9.18 Å². The zero-order valence-electron chi connectivity index (χ0n) is 15.8. The predicted molar refractivity (Wildman–Crippen MR) is 101 cm³/mol. The molecule has 2 aromatic heterocycles. The van der Waals surface area contributed by atoms with Crippen molar-refractivity contribution in [1.82, 2.24) is 9.97 Å². The molecule has 2 rings (SSSR count). The zero-order valence-corrected chi connectivity index (χ0v) is 16.5. The van der Waals surface area contributed by atoms with Gasteiger partial charge in [-0.3, -0.25) is 0 Å². The molecular weight excluding hydrogens is 373 g/mol. The van der Waals surface area contributed by atoms with Crippen LogP contribution in [0.1, 0.15) is 32.9 Å². The van der Waals surface area contributed by atoms with Gasteiger partial charge in [-0.2, -0.15) is 0 Å². The Morgan fingerprint density at radius 1 is 1.37 bits per heavy atom. The van der Waals surface area contributed by atoms with E-state index in [0.29, 0.717) is 23.6 Å². The molecule has 0 aromatic carbocycles. The highest BCUT2D eigenvalue weighted by Gasteiger charge is 2.30. The molecule has 0 aliphatic heterocycles. The van der Waals surface area contributed by atoms with Gasteiger partial charge in [-0.25, -0.2) is 19.2 Å². The smallest absolute Gasteiger partial charge is 0.405 e. The number of hydrogen-bond acceptors (Lipinski definition) is 5. The molecule has 6 nitrogen and oxygen atoms in total. The third-order valence-electron chi connectivity index (χ3n) is 3.88. The molecule has 1 unspecified atom stereocenters. The fraction of sp³-hybridized carbons (Fsp3) is 0.421. The highest BCUT2D eigenvalue weighted by Crippen LogP contribution is 2.29. The fourth-order valence-electron chi connectivity index (χ4n) is 2.93. The number of halogens is 2. The predicted octanol–water partition coefficient (Wildman–Crippen LogP) is 4.52. The summed E-state index contributed by atoms with van der Waals surface area (Å²) in [7, 11) is 0. The Bertz CT molecular complexity index is 832. The monoisotopic (exact) mass is 395 g/mol. The van der Waals surface area contributed by atoms with Gasteiger partial charge in [-0.1, -0.05) is 25.4 Å². The summed E-state index contributed by atoms with van der Waals surface area (Å²) in [5.74, 6) is 0.153. The van der Waals surface area contributed by atoms with Gasteiger partial charge in [0, 0.05) is 11.8 Å². The molecule has 0 bridgehead atoms. The first-order valence-corrected chi connectivity index (χ1v) is 8.88. The normalized spacial score (nSPS) is 13.3. The van der Waals surface area contributed by atoms with Crippen LogP contribution in [0.15, 0.2) is 24.4 Å². The number of hydrogen-bond donors (Lipinski definition) is 1. The van der Waals surface area contributed by atoms with Crippen LogP contribution >= 0.6 is 11.6 Å². The first-order valence-electron chi connectivity index (χ1n) is 8.50. The van der Waals surface area contributed by atoms with Crippen LogP contribution in [-0.2, 0) is 4.74 Å². The van der Waals surface area contributed by atoms with E-state index in [-0.39, 0.29) is 23.2 Å². The summed E-state index contributed by atoms with van der Waals surface area (Å²) in [6, 6.07) is 4.82. The highest BCUT2D eigenvalue weighted by molar-refractivity contribution is 6.29. The fourth-order valence-corrected chi connectivity index (χ4v) is 3.09. The van der Waals surface area contributed by atoms with Crippen molar-refractivity contribution < 1.29 is 18.7 Å². The van der Waals surface area contributed by atoms with E-state index in [2.05, 4.69) is 9.97 Å². The summed E-state index contributed by atoms with van der Waals surface area (Å²) < 4.78 is 25.2. The molecule has 0 aliphatic rings. The van der Waals surface area contributed by atoms with Crippen molar-refractivity contribution in [2.45, 2.75) is 39.7 Å². The summed E-state index contributed by atoms with van der Waals surface area (Å²) in [5.41, 5.74) is 5.55. The average molecular weight is 396 g/mol. The molecule has 2 heterocycles. The van der Waals surface area contributed by atoms with Crippen LogP contribution in [-0.4, -0.2) is 28.3 Å². The van der Waals surface area contributed by atoms with Crippen LogP contribution in [0.4, 0.5) is 9.18 Å². The SMILES string of the molecule is Cc1nc(-c2ccnc(Cl)c2F)ccc1OCC(C)(CC(C)C)OC(N)=O. The third kappa shape index (κ3) is 5.53. The maximum atomic E-state index is 14.1. The average Bonchev–Trinajstić information content (AvgIpc) is 2.54. The lowest BCUT2D eigenvalue weighted by Crippen LogP contribution is -2.41. The van der Waals surface area contributed by atoms with Crippen molar-refractivity contribution in [1.29, 1.82) is 0 Å². The van der Waals surface area contributed by atoms with E-state index >= 15 is 0 Å². The number of carbonyl (C=O) groups is 1. The van der Waals surface area contributed by atoms with Crippen molar-refractivity contribution in [3.8, 4) is 17.0 Å². The number of rotatable bonds is 7. The third-order valence-corrected chi connectivity index (χ3v) is 4.14. The van der Waals surface area contributed by atoms with Gasteiger partial charge in [0.1, 0.15) is 18.0 Å². The van der Waals surface area contributed by atoms with E-state index in [4.69, 9.17) is 26.8 Å². The summed E-state index contributed by atoms with van der Waals surface area (Å²) in [6.07, 6.45) is 1.15. The minimum Gasteiger partial charge on any atom is -0.488 e. The van der Waals surface area contributed by atoms with Crippen molar-refractivity contribution in [2.75, 3.05) is 6.61 Å². The lowest BCUT2D eigenvalue weighted by Gasteiger charge is -2.30. The second kappa shape index (κ2) is 8.52. The zero-order chi connectivity index (χ0) is 20.2. The van der Waals surface area contributed by atoms with Crippen LogP contribution in [0.3, 0.4) is 0 Å². The van der Waals surface area contributed by atoms with Crippen LogP contribution in [0.5, 0.6) is 5.75 Å². The maximum Gasteiger partial charge on any atom is 0.405 e.